The average Bonchev–Trinajstić information content (AvgIpc) is 3.14. The standard InChI is InChI=1S/C22H26N4O3/c1-4-15-9-8-10-16(5-2)18(15)25-22(28)20-24-19(21(27)23-12-14-29-3)17-11-6-7-13-26(17)20/h6-11,13H,4-5,12,14H2,1-3H3,(H,23,27)(H,25,28). The molecule has 0 saturated carbocycles. The van der Waals surface area contributed by atoms with Crippen LogP contribution in [0.3, 0.4) is 0 Å². The van der Waals surface area contributed by atoms with E-state index in [1.54, 1.807) is 29.8 Å². The Labute approximate surface area is 170 Å². The fourth-order valence-corrected chi connectivity index (χ4v) is 3.29. The first-order valence-corrected chi connectivity index (χ1v) is 9.77. The van der Waals surface area contributed by atoms with Gasteiger partial charge in [-0.3, -0.25) is 14.0 Å². The zero-order valence-electron chi connectivity index (χ0n) is 17.0. The van der Waals surface area contributed by atoms with Crippen LogP contribution in [0.15, 0.2) is 42.6 Å². The van der Waals surface area contributed by atoms with Gasteiger partial charge in [-0.05, 0) is 36.1 Å². The molecule has 1 aromatic carbocycles. The number of carbonyl (C=O) groups is 2. The smallest absolute Gasteiger partial charge is 0.292 e. The van der Waals surface area contributed by atoms with Crippen molar-refractivity contribution < 1.29 is 14.3 Å². The summed E-state index contributed by atoms with van der Waals surface area (Å²) in [5.74, 6) is -0.517. The van der Waals surface area contributed by atoms with E-state index in [-0.39, 0.29) is 23.3 Å². The number of methoxy groups -OCH3 is 1. The number of amides is 2. The lowest BCUT2D eigenvalue weighted by Gasteiger charge is -2.14. The van der Waals surface area contributed by atoms with Crippen LogP contribution in [-0.2, 0) is 17.6 Å². The molecular formula is C22H26N4O3. The fourth-order valence-electron chi connectivity index (χ4n) is 3.29. The zero-order chi connectivity index (χ0) is 20.8. The minimum absolute atomic E-state index is 0.172. The van der Waals surface area contributed by atoms with E-state index in [0.717, 1.165) is 29.7 Å². The minimum atomic E-state index is -0.349. The summed E-state index contributed by atoms with van der Waals surface area (Å²) in [6, 6.07) is 11.4. The van der Waals surface area contributed by atoms with Gasteiger partial charge in [0.1, 0.15) is 0 Å². The van der Waals surface area contributed by atoms with E-state index in [1.807, 2.05) is 24.3 Å². The van der Waals surface area contributed by atoms with E-state index >= 15 is 0 Å². The summed E-state index contributed by atoms with van der Waals surface area (Å²) in [6.07, 6.45) is 3.34. The van der Waals surface area contributed by atoms with E-state index in [9.17, 15) is 9.59 Å². The van der Waals surface area contributed by atoms with Gasteiger partial charge in [0.15, 0.2) is 5.69 Å². The normalized spacial score (nSPS) is 10.9. The number of para-hydroxylation sites is 1. The molecule has 7 nitrogen and oxygen atoms in total. The molecule has 2 amide bonds. The quantitative estimate of drug-likeness (QED) is 0.575. The molecule has 0 fully saturated rings. The number of ether oxygens (including phenoxy) is 1. The van der Waals surface area contributed by atoms with Crippen molar-refractivity contribution >= 4 is 23.0 Å². The van der Waals surface area contributed by atoms with Gasteiger partial charge in [0.25, 0.3) is 11.8 Å². The number of nitrogens with zero attached hydrogens (tertiary/aromatic N) is 2. The molecule has 0 aliphatic carbocycles. The maximum atomic E-state index is 13.1. The molecule has 152 valence electrons. The lowest BCUT2D eigenvalue weighted by molar-refractivity contribution is 0.0934. The first-order chi connectivity index (χ1) is 14.1. The van der Waals surface area contributed by atoms with Crippen molar-refractivity contribution in [1.82, 2.24) is 14.7 Å². The number of aromatic nitrogens is 2. The molecule has 3 aromatic rings. The third kappa shape index (κ3) is 4.30. The van der Waals surface area contributed by atoms with Crippen LogP contribution in [0.2, 0.25) is 0 Å². The minimum Gasteiger partial charge on any atom is -0.383 e. The second kappa shape index (κ2) is 9.34. The molecule has 0 bridgehead atoms. The van der Waals surface area contributed by atoms with E-state index in [4.69, 9.17) is 4.74 Å². The Hall–Kier alpha value is -3.19. The van der Waals surface area contributed by atoms with Crippen LogP contribution in [-0.4, -0.2) is 41.5 Å². The van der Waals surface area contributed by atoms with Crippen molar-refractivity contribution in [2.24, 2.45) is 0 Å². The fraction of sp³-hybridized carbons (Fsp3) is 0.318. The third-order valence-corrected chi connectivity index (χ3v) is 4.80. The van der Waals surface area contributed by atoms with Gasteiger partial charge in [-0.15, -0.1) is 0 Å². The first-order valence-electron chi connectivity index (χ1n) is 9.77. The number of carbonyl (C=O) groups excluding carboxylic acids is 2. The number of imidazole rings is 1. The molecule has 3 rings (SSSR count). The van der Waals surface area contributed by atoms with Gasteiger partial charge in [-0.2, -0.15) is 0 Å². The molecular weight excluding hydrogens is 368 g/mol. The van der Waals surface area contributed by atoms with Crippen LogP contribution >= 0.6 is 0 Å². The number of hydrogen-bond donors (Lipinski definition) is 2. The summed E-state index contributed by atoms with van der Waals surface area (Å²) >= 11 is 0. The molecule has 7 heteroatoms. The largest absolute Gasteiger partial charge is 0.383 e. The highest BCUT2D eigenvalue weighted by molar-refractivity contribution is 6.06. The third-order valence-electron chi connectivity index (χ3n) is 4.80. The number of hydrogen-bond acceptors (Lipinski definition) is 4. The summed E-state index contributed by atoms with van der Waals surface area (Å²) in [5, 5.41) is 5.78. The van der Waals surface area contributed by atoms with Gasteiger partial charge in [0.2, 0.25) is 5.82 Å². The molecule has 0 saturated heterocycles. The molecule has 29 heavy (non-hydrogen) atoms. The second-order valence-corrected chi connectivity index (χ2v) is 6.60. The van der Waals surface area contributed by atoms with Crippen molar-refractivity contribution in [2.45, 2.75) is 26.7 Å². The predicted molar refractivity (Wildman–Crippen MR) is 113 cm³/mol. The molecule has 0 spiro atoms. The Bertz CT molecular complexity index is 1000. The summed E-state index contributed by atoms with van der Waals surface area (Å²) in [7, 11) is 1.57. The number of fused-ring (bicyclic) bond motifs is 1. The SMILES string of the molecule is CCc1cccc(CC)c1NC(=O)c1nc(C(=O)NCCOC)c2ccccn12. The second-order valence-electron chi connectivity index (χ2n) is 6.60. The maximum Gasteiger partial charge on any atom is 0.292 e. The number of anilines is 1. The molecule has 2 heterocycles. The maximum absolute atomic E-state index is 13.1. The van der Waals surface area contributed by atoms with Gasteiger partial charge in [0, 0.05) is 25.5 Å². The molecule has 2 N–H and O–H groups in total. The Balaban J connectivity index is 1.96. The predicted octanol–water partition coefficient (Wildman–Crippen LogP) is 3.09. The van der Waals surface area contributed by atoms with E-state index < -0.39 is 0 Å². The van der Waals surface area contributed by atoms with Crippen molar-refractivity contribution in [3.8, 4) is 0 Å². The van der Waals surface area contributed by atoms with Gasteiger partial charge in [-0.1, -0.05) is 38.1 Å². The number of nitrogens with one attached hydrogen (secondary N) is 2. The molecule has 2 aromatic heterocycles. The van der Waals surface area contributed by atoms with Crippen molar-refractivity contribution in [3.63, 3.8) is 0 Å². The summed E-state index contributed by atoms with van der Waals surface area (Å²) < 4.78 is 6.60. The summed E-state index contributed by atoms with van der Waals surface area (Å²) in [5.41, 5.74) is 3.74. The number of pyridine rings is 1. The van der Waals surface area contributed by atoms with Gasteiger partial charge in [-0.25, -0.2) is 4.98 Å². The molecule has 0 atom stereocenters. The average molecular weight is 394 g/mol. The monoisotopic (exact) mass is 394 g/mol. The molecule has 0 unspecified atom stereocenters. The van der Waals surface area contributed by atoms with Gasteiger partial charge < -0.3 is 15.4 Å². The zero-order valence-corrected chi connectivity index (χ0v) is 17.0. The summed E-state index contributed by atoms with van der Waals surface area (Å²) in [4.78, 5) is 30.0. The van der Waals surface area contributed by atoms with Crippen LogP contribution in [0.5, 0.6) is 0 Å². The molecule has 0 aliphatic rings. The van der Waals surface area contributed by atoms with Gasteiger partial charge >= 0.3 is 0 Å². The highest BCUT2D eigenvalue weighted by Gasteiger charge is 2.22. The number of benzene rings is 1. The Morgan fingerprint density at radius 3 is 2.41 bits per heavy atom. The number of rotatable bonds is 8. The van der Waals surface area contributed by atoms with Crippen molar-refractivity contribution in [2.75, 3.05) is 25.6 Å². The number of aryl methyl sites for hydroxylation is 2. The highest BCUT2D eigenvalue weighted by Crippen LogP contribution is 2.24. The van der Waals surface area contributed by atoms with Crippen LogP contribution in [0.1, 0.15) is 46.1 Å². The Morgan fingerprint density at radius 2 is 1.76 bits per heavy atom. The van der Waals surface area contributed by atoms with Crippen LogP contribution in [0, 0.1) is 0 Å². The Kier molecular flexibility index (Phi) is 6.61. The van der Waals surface area contributed by atoms with E-state index in [2.05, 4.69) is 29.5 Å². The Morgan fingerprint density at radius 1 is 1.03 bits per heavy atom. The molecule has 0 radical (unpaired) electrons. The van der Waals surface area contributed by atoms with Crippen LogP contribution in [0.4, 0.5) is 5.69 Å². The first kappa shape index (κ1) is 20.5. The van der Waals surface area contributed by atoms with E-state index in [0.29, 0.717) is 18.7 Å². The van der Waals surface area contributed by atoms with Crippen LogP contribution < -0.4 is 10.6 Å². The van der Waals surface area contributed by atoms with Crippen molar-refractivity contribution in [3.05, 3.63) is 65.2 Å². The van der Waals surface area contributed by atoms with E-state index in [1.165, 1.54) is 0 Å². The van der Waals surface area contributed by atoms with Crippen LogP contribution in [0.25, 0.3) is 5.52 Å². The summed E-state index contributed by atoms with van der Waals surface area (Å²) in [6.45, 7) is 4.88. The lowest BCUT2D eigenvalue weighted by Crippen LogP contribution is -2.27. The lowest BCUT2D eigenvalue weighted by atomic mass is 10.0. The topological polar surface area (TPSA) is 84.7 Å². The molecule has 0 aliphatic heterocycles. The highest BCUT2D eigenvalue weighted by atomic mass is 16.5. The van der Waals surface area contributed by atoms with Gasteiger partial charge in [0.05, 0.1) is 12.1 Å². The van der Waals surface area contributed by atoms with Crippen molar-refractivity contribution in [1.29, 1.82) is 0 Å².